The molecule has 2 aromatic rings. The van der Waals surface area contributed by atoms with Gasteiger partial charge in [-0.3, -0.25) is 5.32 Å². The van der Waals surface area contributed by atoms with Crippen LogP contribution in [0.3, 0.4) is 0 Å². The number of likely N-dealkylation sites (tertiary alicyclic amines) is 1. The molecule has 1 aromatic carbocycles. The van der Waals surface area contributed by atoms with Crippen molar-refractivity contribution in [3.05, 3.63) is 42.6 Å². The average Bonchev–Trinajstić information content (AvgIpc) is 3.11. The fourth-order valence-corrected chi connectivity index (χ4v) is 2.93. The third-order valence-corrected chi connectivity index (χ3v) is 4.24. The van der Waals surface area contributed by atoms with Crippen LogP contribution < -0.4 is 10.6 Å². The number of piperidine rings is 1. The molecule has 8 nitrogen and oxygen atoms in total. The van der Waals surface area contributed by atoms with Gasteiger partial charge >= 0.3 is 12.1 Å². The lowest BCUT2D eigenvalue weighted by Gasteiger charge is -2.31. The molecule has 1 fully saturated rings. The zero-order valence-corrected chi connectivity index (χ0v) is 14.7. The number of hydrogen-bond donors (Lipinski definition) is 2. The zero-order chi connectivity index (χ0) is 18.4. The highest BCUT2D eigenvalue weighted by Gasteiger charge is 2.24. The molecule has 1 saturated heterocycles. The minimum atomic E-state index is -0.290. The van der Waals surface area contributed by atoms with Gasteiger partial charge in [-0.25, -0.2) is 14.3 Å². The standard InChI is InChI=1S/C18H23N5O3/c1-2-26-18(25)22-12-9-14(10-13-22)20-17(24)21-16-8-11-19-23(16)15-6-4-3-5-7-15/h3-8,11,14H,2,9-10,12-13H2,1H3,(H2,20,21,24). The molecular formula is C18H23N5O3. The maximum absolute atomic E-state index is 12.3. The number of urea groups is 1. The van der Waals surface area contributed by atoms with Crippen LogP contribution >= 0.6 is 0 Å². The first-order chi connectivity index (χ1) is 12.7. The Morgan fingerprint density at radius 1 is 1.19 bits per heavy atom. The Morgan fingerprint density at radius 3 is 2.62 bits per heavy atom. The van der Waals surface area contributed by atoms with E-state index >= 15 is 0 Å². The van der Waals surface area contributed by atoms with Crippen molar-refractivity contribution in [2.45, 2.75) is 25.8 Å². The van der Waals surface area contributed by atoms with Gasteiger partial charge in [0.2, 0.25) is 0 Å². The van der Waals surface area contributed by atoms with Crippen LogP contribution in [0.2, 0.25) is 0 Å². The number of para-hydroxylation sites is 1. The highest BCUT2D eigenvalue weighted by Crippen LogP contribution is 2.15. The Balaban J connectivity index is 1.52. The molecule has 0 unspecified atom stereocenters. The van der Waals surface area contributed by atoms with Crippen molar-refractivity contribution in [2.75, 3.05) is 25.0 Å². The Hall–Kier alpha value is -3.03. The minimum Gasteiger partial charge on any atom is -0.450 e. The molecule has 1 aliphatic heterocycles. The lowest BCUT2D eigenvalue weighted by Crippen LogP contribution is -2.47. The van der Waals surface area contributed by atoms with E-state index in [1.807, 2.05) is 30.3 Å². The van der Waals surface area contributed by atoms with Gasteiger partial charge in [-0.2, -0.15) is 5.10 Å². The van der Waals surface area contributed by atoms with Crippen LogP contribution in [0.1, 0.15) is 19.8 Å². The van der Waals surface area contributed by atoms with Crippen LogP contribution in [0.15, 0.2) is 42.6 Å². The van der Waals surface area contributed by atoms with Gasteiger partial charge in [0, 0.05) is 25.2 Å². The van der Waals surface area contributed by atoms with E-state index in [2.05, 4.69) is 15.7 Å². The number of ether oxygens (including phenoxy) is 1. The van der Waals surface area contributed by atoms with Crippen molar-refractivity contribution in [2.24, 2.45) is 0 Å². The maximum atomic E-state index is 12.3. The largest absolute Gasteiger partial charge is 0.450 e. The number of benzene rings is 1. The second-order valence-electron chi connectivity index (χ2n) is 6.02. The molecule has 0 spiro atoms. The molecule has 0 atom stereocenters. The van der Waals surface area contributed by atoms with E-state index in [0.717, 1.165) is 5.69 Å². The number of hydrogen-bond acceptors (Lipinski definition) is 4. The highest BCUT2D eigenvalue weighted by molar-refractivity contribution is 5.88. The van der Waals surface area contributed by atoms with Gasteiger partial charge < -0.3 is 15.0 Å². The zero-order valence-electron chi connectivity index (χ0n) is 14.7. The van der Waals surface area contributed by atoms with Gasteiger partial charge in [-0.1, -0.05) is 18.2 Å². The van der Waals surface area contributed by atoms with Gasteiger partial charge in [-0.15, -0.1) is 0 Å². The van der Waals surface area contributed by atoms with Gasteiger partial charge in [0.25, 0.3) is 0 Å². The molecule has 3 amide bonds. The quantitative estimate of drug-likeness (QED) is 0.880. The molecule has 138 valence electrons. The first-order valence-corrected chi connectivity index (χ1v) is 8.76. The van der Waals surface area contributed by atoms with E-state index < -0.39 is 0 Å². The Labute approximate surface area is 152 Å². The van der Waals surface area contributed by atoms with Crippen LogP contribution in [0.5, 0.6) is 0 Å². The number of carbonyl (C=O) groups excluding carboxylic acids is 2. The lowest BCUT2D eigenvalue weighted by atomic mass is 10.1. The smallest absolute Gasteiger partial charge is 0.409 e. The van der Waals surface area contributed by atoms with E-state index in [1.54, 1.807) is 28.8 Å². The molecule has 0 bridgehead atoms. The van der Waals surface area contributed by atoms with E-state index in [-0.39, 0.29) is 18.2 Å². The van der Waals surface area contributed by atoms with E-state index in [9.17, 15) is 9.59 Å². The first-order valence-electron chi connectivity index (χ1n) is 8.76. The van der Waals surface area contributed by atoms with Crippen LogP contribution in [-0.2, 0) is 4.74 Å². The van der Waals surface area contributed by atoms with Crippen LogP contribution in [-0.4, -0.2) is 52.5 Å². The summed E-state index contributed by atoms with van der Waals surface area (Å²) in [6.45, 7) is 3.31. The van der Waals surface area contributed by atoms with Crippen molar-refractivity contribution in [3.8, 4) is 5.69 Å². The Kier molecular flexibility index (Phi) is 5.73. The van der Waals surface area contributed by atoms with Crippen molar-refractivity contribution < 1.29 is 14.3 Å². The SMILES string of the molecule is CCOC(=O)N1CCC(NC(=O)Nc2ccnn2-c2ccccc2)CC1. The molecular weight excluding hydrogens is 334 g/mol. The van der Waals surface area contributed by atoms with Gasteiger partial charge in [0.15, 0.2) is 0 Å². The van der Waals surface area contributed by atoms with Crippen LogP contribution in [0, 0.1) is 0 Å². The molecule has 1 aliphatic rings. The summed E-state index contributed by atoms with van der Waals surface area (Å²) in [6.07, 6.45) is 2.75. The monoisotopic (exact) mass is 357 g/mol. The summed E-state index contributed by atoms with van der Waals surface area (Å²) >= 11 is 0. The van der Waals surface area contributed by atoms with Crippen LogP contribution in [0.4, 0.5) is 15.4 Å². The third kappa shape index (κ3) is 4.33. The molecule has 2 heterocycles. The van der Waals surface area contributed by atoms with Crippen LogP contribution in [0.25, 0.3) is 5.69 Å². The summed E-state index contributed by atoms with van der Waals surface area (Å²) in [5.41, 5.74) is 0.871. The number of nitrogens with one attached hydrogen (secondary N) is 2. The number of anilines is 1. The summed E-state index contributed by atoms with van der Waals surface area (Å²) in [5.74, 6) is 0.595. The lowest BCUT2D eigenvalue weighted by molar-refractivity contribution is 0.0959. The summed E-state index contributed by atoms with van der Waals surface area (Å²) < 4.78 is 6.67. The molecule has 1 aromatic heterocycles. The number of nitrogens with zero attached hydrogens (tertiary/aromatic N) is 3. The van der Waals surface area contributed by atoms with Gasteiger partial charge in [0.1, 0.15) is 5.82 Å². The normalized spacial score (nSPS) is 14.7. The topological polar surface area (TPSA) is 88.5 Å². The average molecular weight is 357 g/mol. The van der Waals surface area contributed by atoms with Crippen molar-refractivity contribution >= 4 is 17.9 Å². The summed E-state index contributed by atoms with van der Waals surface area (Å²) in [6, 6.07) is 11.1. The van der Waals surface area contributed by atoms with E-state index in [1.165, 1.54) is 0 Å². The number of amides is 3. The van der Waals surface area contributed by atoms with Gasteiger partial charge in [0.05, 0.1) is 18.5 Å². The van der Waals surface area contributed by atoms with Gasteiger partial charge in [-0.05, 0) is 31.9 Å². The number of rotatable bonds is 4. The molecule has 3 rings (SSSR count). The van der Waals surface area contributed by atoms with Crippen molar-refractivity contribution in [1.29, 1.82) is 0 Å². The Bertz CT molecular complexity index is 738. The summed E-state index contributed by atoms with van der Waals surface area (Å²) in [5, 5.41) is 10.0. The fraction of sp³-hybridized carbons (Fsp3) is 0.389. The van der Waals surface area contributed by atoms with E-state index in [0.29, 0.717) is 38.4 Å². The van der Waals surface area contributed by atoms with Crippen molar-refractivity contribution in [3.63, 3.8) is 0 Å². The third-order valence-electron chi connectivity index (χ3n) is 4.24. The second kappa shape index (κ2) is 8.37. The molecule has 0 aliphatic carbocycles. The first kappa shape index (κ1) is 17.8. The fourth-order valence-electron chi connectivity index (χ4n) is 2.93. The number of aromatic nitrogens is 2. The molecule has 0 radical (unpaired) electrons. The summed E-state index contributed by atoms with van der Waals surface area (Å²) in [4.78, 5) is 25.7. The predicted molar refractivity (Wildman–Crippen MR) is 97.3 cm³/mol. The molecule has 2 N–H and O–H groups in total. The molecule has 0 saturated carbocycles. The second-order valence-corrected chi connectivity index (χ2v) is 6.02. The molecule has 26 heavy (non-hydrogen) atoms. The highest BCUT2D eigenvalue weighted by atomic mass is 16.6. The minimum absolute atomic E-state index is 0.0220. The predicted octanol–water partition coefficient (Wildman–Crippen LogP) is 2.61. The Morgan fingerprint density at radius 2 is 1.92 bits per heavy atom. The maximum Gasteiger partial charge on any atom is 0.409 e. The van der Waals surface area contributed by atoms with Crippen molar-refractivity contribution in [1.82, 2.24) is 20.0 Å². The number of carbonyl (C=O) groups is 2. The summed E-state index contributed by atoms with van der Waals surface area (Å²) in [7, 11) is 0. The molecule has 8 heteroatoms. The van der Waals surface area contributed by atoms with E-state index in [4.69, 9.17) is 4.74 Å².